The van der Waals surface area contributed by atoms with Crippen molar-refractivity contribution in [2.45, 2.75) is 45.6 Å². The van der Waals surface area contributed by atoms with Gasteiger partial charge >= 0.3 is 0 Å². The average molecular weight is 303 g/mol. The zero-order valence-corrected chi connectivity index (χ0v) is 13.5. The summed E-state index contributed by atoms with van der Waals surface area (Å²) in [4.78, 5) is 32.0. The third kappa shape index (κ3) is 4.55. The Morgan fingerprint density at radius 1 is 1.32 bits per heavy atom. The summed E-state index contributed by atoms with van der Waals surface area (Å²) in [6.45, 7) is 3.44. The molecule has 1 fully saturated rings. The van der Waals surface area contributed by atoms with Gasteiger partial charge in [0.15, 0.2) is 0 Å². The molecular weight excluding hydrogens is 278 g/mol. The van der Waals surface area contributed by atoms with Crippen molar-refractivity contribution in [3.8, 4) is 0 Å². The van der Waals surface area contributed by atoms with Crippen molar-refractivity contribution in [1.29, 1.82) is 0 Å². The monoisotopic (exact) mass is 303 g/mol. The van der Waals surface area contributed by atoms with Crippen LogP contribution in [-0.2, 0) is 22.6 Å². The molecule has 1 saturated heterocycles. The molecular formula is C17H25N3O2. The van der Waals surface area contributed by atoms with Crippen LogP contribution in [0.1, 0.15) is 43.9 Å². The van der Waals surface area contributed by atoms with Gasteiger partial charge < -0.3 is 9.80 Å². The first kappa shape index (κ1) is 16.5. The summed E-state index contributed by atoms with van der Waals surface area (Å²) in [5, 5.41) is 0. The number of likely N-dealkylation sites (N-methyl/N-ethyl adjacent to an activating group) is 1. The van der Waals surface area contributed by atoms with E-state index in [4.69, 9.17) is 0 Å². The van der Waals surface area contributed by atoms with Crippen LogP contribution in [0, 0.1) is 0 Å². The molecule has 1 aromatic rings. The quantitative estimate of drug-likeness (QED) is 0.836. The summed E-state index contributed by atoms with van der Waals surface area (Å²) < 4.78 is 0. The summed E-state index contributed by atoms with van der Waals surface area (Å²) in [7, 11) is 1.76. The zero-order chi connectivity index (χ0) is 15.9. The number of amides is 2. The molecule has 2 amide bonds. The molecule has 1 aromatic heterocycles. The molecule has 0 spiro atoms. The van der Waals surface area contributed by atoms with Crippen LogP contribution in [0.2, 0.25) is 0 Å². The summed E-state index contributed by atoms with van der Waals surface area (Å²) >= 11 is 0. The minimum Gasteiger partial charge on any atom is -0.338 e. The number of carbonyl (C=O) groups is 2. The van der Waals surface area contributed by atoms with Gasteiger partial charge in [0.25, 0.3) is 0 Å². The van der Waals surface area contributed by atoms with Crippen molar-refractivity contribution in [3.63, 3.8) is 0 Å². The fourth-order valence-corrected chi connectivity index (χ4v) is 2.58. The highest BCUT2D eigenvalue weighted by molar-refractivity contribution is 5.84. The Labute approximate surface area is 132 Å². The van der Waals surface area contributed by atoms with Gasteiger partial charge in [-0.1, -0.05) is 19.4 Å². The number of pyridine rings is 1. The molecule has 0 atom stereocenters. The van der Waals surface area contributed by atoms with Gasteiger partial charge in [-0.05, 0) is 30.9 Å². The van der Waals surface area contributed by atoms with Gasteiger partial charge in [0, 0.05) is 26.2 Å². The van der Waals surface area contributed by atoms with Gasteiger partial charge in [-0.15, -0.1) is 0 Å². The van der Waals surface area contributed by atoms with Gasteiger partial charge in [0.1, 0.15) is 0 Å². The predicted molar refractivity (Wildman–Crippen MR) is 85.1 cm³/mol. The van der Waals surface area contributed by atoms with Crippen molar-refractivity contribution in [3.05, 3.63) is 29.6 Å². The van der Waals surface area contributed by atoms with E-state index >= 15 is 0 Å². The minimum absolute atomic E-state index is 0.0309. The molecule has 2 heterocycles. The molecule has 5 nitrogen and oxygen atoms in total. The Kier molecular flexibility index (Phi) is 5.92. The van der Waals surface area contributed by atoms with Crippen LogP contribution >= 0.6 is 0 Å². The SMILES string of the molecule is CCc1ccc(CN(C)C(=O)CN2CCCCCC2=O)nc1. The maximum absolute atomic E-state index is 12.3. The number of hydrogen-bond acceptors (Lipinski definition) is 3. The molecule has 0 aromatic carbocycles. The van der Waals surface area contributed by atoms with E-state index in [0.29, 0.717) is 19.5 Å². The lowest BCUT2D eigenvalue weighted by Crippen LogP contribution is -2.41. The fraction of sp³-hybridized carbons (Fsp3) is 0.588. The van der Waals surface area contributed by atoms with Crippen LogP contribution in [0.5, 0.6) is 0 Å². The average Bonchev–Trinajstić information content (AvgIpc) is 2.73. The highest BCUT2D eigenvalue weighted by Gasteiger charge is 2.21. The molecule has 0 bridgehead atoms. The molecule has 22 heavy (non-hydrogen) atoms. The Hall–Kier alpha value is -1.91. The highest BCUT2D eigenvalue weighted by atomic mass is 16.2. The summed E-state index contributed by atoms with van der Waals surface area (Å²) in [5.41, 5.74) is 2.06. The zero-order valence-electron chi connectivity index (χ0n) is 13.5. The molecule has 5 heteroatoms. The molecule has 0 unspecified atom stereocenters. The molecule has 0 radical (unpaired) electrons. The van der Waals surface area contributed by atoms with Crippen LogP contribution in [0.3, 0.4) is 0 Å². The number of carbonyl (C=O) groups excluding carboxylic acids is 2. The molecule has 1 aliphatic heterocycles. The van der Waals surface area contributed by atoms with Crippen molar-refractivity contribution < 1.29 is 9.59 Å². The van der Waals surface area contributed by atoms with E-state index in [2.05, 4.69) is 11.9 Å². The number of likely N-dealkylation sites (tertiary alicyclic amines) is 1. The van der Waals surface area contributed by atoms with Gasteiger partial charge in [0.2, 0.25) is 11.8 Å². The van der Waals surface area contributed by atoms with Crippen LogP contribution in [0.15, 0.2) is 18.3 Å². The van der Waals surface area contributed by atoms with Crippen molar-refractivity contribution >= 4 is 11.8 Å². The second-order valence-electron chi connectivity index (χ2n) is 5.89. The maximum Gasteiger partial charge on any atom is 0.242 e. The van der Waals surface area contributed by atoms with Gasteiger partial charge in [-0.2, -0.15) is 0 Å². The smallest absolute Gasteiger partial charge is 0.242 e. The molecule has 0 saturated carbocycles. The Bertz CT molecular complexity index is 513. The second kappa shape index (κ2) is 7.92. The third-order valence-electron chi connectivity index (χ3n) is 4.12. The van der Waals surface area contributed by atoms with Crippen LogP contribution in [0.25, 0.3) is 0 Å². The van der Waals surface area contributed by atoms with Crippen molar-refractivity contribution in [2.75, 3.05) is 20.1 Å². The normalized spacial score (nSPS) is 15.5. The fourth-order valence-electron chi connectivity index (χ4n) is 2.58. The van der Waals surface area contributed by atoms with Crippen molar-refractivity contribution in [2.24, 2.45) is 0 Å². The highest BCUT2D eigenvalue weighted by Crippen LogP contribution is 2.11. The van der Waals surface area contributed by atoms with E-state index in [1.165, 1.54) is 5.56 Å². The number of aryl methyl sites for hydroxylation is 1. The van der Waals surface area contributed by atoms with Gasteiger partial charge in [-0.3, -0.25) is 14.6 Å². The first-order valence-corrected chi connectivity index (χ1v) is 8.05. The summed E-state index contributed by atoms with van der Waals surface area (Å²) in [6, 6.07) is 4.00. The lowest BCUT2D eigenvalue weighted by molar-refractivity contribution is -0.139. The van der Waals surface area contributed by atoms with E-state index < -0.39 is 0 Å². The standard InChI is InChI=1S/C17H25N3O2/c1-3-14-8-9-15(18-11-14)12-19(2)17(22)13-20-10-6-4-5-7-16(20)21/h8-9,11H,3-7,10,12-13H2,1-2H3. The molecule has 1 aliphatic rings. The maximum atomic E-state index is 12.3. The second-order valence-corrected chi connectivity index (χ2v) is 5.89. The van der Waals surface area contributed by atoms with Gasteiger partial charge in [-0.25, -0.2) is 0 Å². The van der Waals surface area contributed by atoms with E-state index in [-0.39, 0.29) is 18.4 Å². The predicted octanol–water partition coefficient (Wildman–Crippen LogP) is 2.00. The number of hydrogen-bond donors (Lipinski definition) is 0. The first-order valence-electron chi connectivity index (χ1n) is 8.05. The third-order valence-corrected chi connectivity index (χ3v) is 4.12. The van der Waals surface area contributed by atoms with Crippen molar-refractivity contribution in [1.82, 2.24) is 14.8 Å². The number of rotatable bonds is 5. The molecule has 120 valence electrons. The van der Waals surface area contributed by atoms with E-state index in [0.717, 1.165) is 31.4 Å². The molecule has 0 aliphatic carbocycles. The van der Waals surface area contributed by atoms with Crippen LogP contribution in [0.4, 0.5) is 0 Å². The van der Waals surface area contributed by atoms with E-state index in [9.17, 15) is 9.59 Å². The topological polar surface area (TPSA) is 53.5 Å². The number of nitrogens with zero attached hydrogens (tertiary/aromatic N) is 3. The Morgan fingerprint density at radius 3 is 2.82 bits per heavy atom. The molecule has 2 rings (SSSR count). The Balaban J connectivity index is 1.89. The largest absolute Gasteiger partial charge is 0.338 e. The lowest BCUT2D eigenvalue weighted by atomic mass is 10.2. The van der Waals surface area contributed by atoms with Crippen LogP contribution in [-0.4, -0.2) is 46.7 Å². The number of aromatic nitrogens is 1. The lowest BCUT2D eigenvalue weighted by Gasteiger charge is -2.24. The van der Waals surface area contributed by atoms with E-state index in [1.54, 1.807) is 16.8 Å². The van der Waals surface area contributed by atoms with Gasteiger partial charge in [0.05, 0.1) is 18.8 Å². The van der Waals surface area contributed by atoms with Crippen LogP contribution < -0.4 is 0 Å². The molecule has 0 N–H and O–H groups in total. The first-order chi connectivity index (χ1) is 10.6. The Morgan fingerprint density at radius 2 is 2.14 bits per heavy atom. The van der Waals surface area contributed by atoms with E-state index in [1.807, 2.05) is 18.3 Å². The summed E-state index contributed by atoms with van der Waals surface area (Å²) in [5.74, 6) is 0.0706. The minimum atomic E-state index is -0.0309. The summed E-state index contributed by atoms with van der Waals surface area (Å²) in [6.07, 6.45) is 6.37.